The summed E-state index contributed by atoms with van der Waals surface area (Å²) in [6.07, 6.45) is 1.54. The van der Waals surface area contributed by atoms with E-state index in [2.05, 4.69) is 75.1 Å². The zero-order valence-electron chi connectivity index (χ0n) is 27.7. The van der Waals surface area contributed by atoms with Gasteiger partial charge in [-0.15, -0.1) is 0 Å². The molecule has 0 saturated carbocycles. The van der Waals surface area contributed by atoms with E-state index in [4.69, 9.17) is 9.47 Å². The van der Waals surface area contributed by atoms with Crippen molar-refractivity contribution in [2.45, 2.75) is 85.6 Å². The van der Waals surface area contributed by atoms with E-state index in [1.165, 1.54) is 5.56 Å². The lowest BCUT2D eigenvalue weighted by Gasteiger charge is -2.32. The predicted octanol–water partition coefficient (Wildman–Crippen LogP) is 8.90. The Balaban J connectivity index is 1.58. The third kappa shape index (κ3) is 9.78. The number of phenolic OH excluding ortho intramolecular Hbond substituents is 1. The average Bonchev–Trinajstić information content (AvgIpc) is 3.02. The van der Waals surface area contributed by atoms with Crippen molar-refractivity contribution in [1.29, 1.82) is 0 Å². The second kappa shape index (κ2) is 16.4. The maximum Gasteiger partial charge on any atom is 0.313 e. The summed E-state index contributed by atoms with van der Waals surface area (Å²) in [5.74, 6) is 0.469. The monoisotopic (exact) mass is 607 g/mol. The number of benzene rings is 4. The van der Waals surface area contributed by atoms with Gasteiger partial charge in [0.15, 0.2) is 0 Å². The van der Waals surface area contributed by atoms with Crippen LogP contribution >= 0.6 is 0 Å². The Morgan fingerprint density at radius 2 is 1.33 bits per heavy atom. The molecule has 0 amide bonds. The molecule has 0 radical (unpaired) electrons. The first-order chi connectivity index (χ1) is 21.6. The minimum absolute atomic E-state index is 0.0405. The summed E-state index contributed by atoms with van der Waals surface area (Å²) in [6, 6.07) is 33.2. The topological polar surface area (TPSA) is 59.0 Å². The first-order valence-corrected chi connectivity index (χ1v) is 16.2. The third-order valence-electron chi connectivity index (χ3n) is 8.25. The fourth-order valence-electron chi connectivity index (χ4n) is 5.83. The first kappa shape index (κ1) is 34.0. The third-order valence-corrected chi connectivity index (χ3v) is 8.25. The molecular weight excluding hydrogens is 558 g/mol. The van der Waals surface area contributed by atoms with Gasteiger partial charge in [-0.1, -0.05) is 86.6 Å². The number of hydrogen-bond acceptors (Lipinski definition) is 5. The van der Waals surface area contributed by atoms with E-state index in [9.17, 15) is 9.90 Å². The molecule has 238 valence electrons. The molecule has 0 spiro atoms. The van der Waals surface area contributed by atoms with E-state index in [0.29, 0.717) is 43.2 Å². The van der Waals surface area contributed by atoms with Gasteiger partial charge in [-0.25, -0.2) is 0 Å². The molecule has 1 atom stereocenters. The Morgan fingerprint density at radius 3 is 1.96 bits per heavy atom. The fourth-order valence-corrected chi connectivity index (χ4v) is 5.83. The van der Waals surface area contributed by atoms with Gasteiger partial charge in [0.1, 0.15) is 11.5 Å². The fraction of sp³-hybridized carbons (Fsp3) is 0.375. The quantitative estimate of drug-likeness (QED) is 0.108. The minimum atomic E-state index is -0.239. The van der Waals surface area contributed by atoms with Gasteiger partial charge in [0, 0.05) is 30.0 Å². The standard InChI is InChI=1S/C40H49NO4/c1-28(2)40(43)45-39-20-18-33(27-44-26-32-17-19-38(42)35(24-32)23-31-13-9-7-10-14-31)25-37(39)36(34-15-11-8-12-16-34)21-22-41(29(3)4)30(5)6/h7-20,24-25,28-30,36,42H,21-23,26-27H2,1-6H3/t36-/m1/s1. The molecule has 0 unspecified atom stereocenters. The summed E-state index contributed by atoms with van der Waals surface area (Å²) >= 11 is 0. The van der Waals surface area contributed by atoms with E-state index in [0.717, 1.165) is 40.8 Å². The smallest absolute Gasteiger partial charge is 0.313 e. The Hall–Kier alpha value is -3.93. The van der Waals surface area contributed by atoms with E-state index in [1.807, 2.05) is 62.4 Å². The predicted molar refractivity (Wildman–Crippen MR) is 183 cm³/mol. The van der Waals surface area contributed by atoms with Gasteiger partial charge in [0.25, 0.3) is 0 Å². The lowest BCUT2D eigenvalue weighted by Crippen LogP contribution is -2.38. The first-order valence-electron chi connectivity index (χ1n) is 16.2. The molecule has 0 bridgehead atoms. The number of phenols is 1. The molecule has 4 rings (SSSR count). The Bertz CT molecular complexity index is 1490. The number of rotatable bonds is 15. The Labute approximate surface area is 269 Å². The summed E-state index contributed by atoms with van der Waals surface area (Å²) in [4.78, 5) is 15.3. The lowest BCUT2D eigenvalue weighted by atomic mass is 9.86. The average molecular weight is 608 g/mol. The molecule has 5 nitrogen and oxygen atoms in total. The van der Waals surface area contributed by atoms with E-state index >= 15 is 0 Å². The van der Waals surface area contributed by atoms with Gasteiger partial charge in [0.2, 0.25) is 0 Å². The molecule has 0 saturated heterocycles. The van der Waals surface area contributed by atoms with Crippen molar-refractivity contribution < 1.29 is 19.4 Å². The maximum atomic E-state index is 12.8. The molecule has 0 heterocycles. The number of hydrogen-bond donors (Lipinski definition) is 1. The van der Waals surface area contributed by atoms with Gasteiger partial charge >= 0.3 is 5.97 Å². The van der Waals surface area contributed by atoms with Crippen LogP contribution in [0.1, 0.15) is 87.3 Å². The molecule has 1 N–H and O–H groups in total. The minimum Gasteiger partial charge on any atom is -0.508 e. The van der Waals surface area contributed by atoms with Gasteiger partial charge in [-0.3, -0.25) is 9.69 Å². The molecule has 0 aliphatic rings. The van der Waals surface area contributed by atoms with E-state index < -0.39 is 0 Å². The van der Waals surface area contributed by atoms with Gasteiger partial charge in [-0.05, 0) is 92.7 Å². The van der Waals surface area contributed by atoms with Crippen LogP contribution < -0.4 is 4.74 Å². The van der Waals surface area contributed by atoms with Crippen LogP contribution in [-0.2, 0) is 29.2 Å². The lowest BCUT2D eigenvalue weighted by molar-refractivity contribution is -0.137. The largest absolute Gasteiger partial charge is 0.508 e. The summed E-state index contributed by atoms with van der Waals surface area (Å²) < 4.78 is 12.2. The van der Waals surface area contributed by atoms with Gasteiger partial charge < -0.3 is 14.6 Å². The second-order valence-corrected chi connectivity index (χ2v) is 12.7. The summed E-state index contributed by atoms with van der Waals surface area (Å²) in [7, 11) is 0. The van der Waals surface area contributed by atoms with Crippen LogP contribution in [0, 0.1) is 5.92 Å². The zero-order valence-corrected chi connectivity index (χ0v) is 27.7. The zero-order chi connectivity index (χ0) is 32.3. The molecule has 0 aliphatic carbocycles. The van der Waals surface area contributed by atoms with Crippen LogP contribution in [0.15, 0.2) is 97.1 Å². The summed E-state index contributed by atoms with van der Waals surface area (Å²) in [5.41, 5.74) is 6.24. The number of carbonyl (C=O) groups is 1. The summed E-state index contributed by atoms with van der Waals surface area (Å²) in [5, 5.41) is 10.5. The molecule has 0 aromatic heterocycles. The van der Waals surface area contributed by atoms with Crippen LogP contribution in [0.3, 0.4) is 0 Å². The number of nitrogens with zero attached hydrogens (tertiary/aromatic N) is 1. The van der Waals surface area contributed by atoms with Crippen molar-refractivity contribution in [3.63, 3.8) is 0 Å². The highest BCUT2D eigenvalue weighted by Gasteiger charge is 2.24. The van der Waals surface area contributed by atoms with Crippen molar-refractivity contribution in [3.8, 4) is 11.5 Å². The van der Waals surface area contributed by atoms with Gasteiger partial charge in [0.05, 0.1) is 19.1 Å². The normalized spacial score (nSPS) is 12.3. The van der Waals surface area contributed by atoms with Crippen LogP contribution in [0.25, 0.3) is 0 Å². The van der Waals surface area contributed by atoms with E-state index in [1.54, 1.807) is 6.07 Å². The number of ether oxygens (including phenoxy) is 2. The van der Waals surface area contributed by atoms with Crippen molar-refractivity contribution in [2.24, 2.45) is 5.92 Å². The Kier molecular flexibility index (Phi) is 12.4. The second-order valence-electron chi connectivity index (χ2n) is 12.7. The van der Waals surface area contributed by atoms with Crippen LogP contribution in [-0.4, -0.2) is 34.6 Å². The van der Waals surface area contributed by atoms with Crippen molar-refractivity contribution in [1.82, 2.24) is 4.90 Å². The number of aromatic hydroxyl groups is 1. The summed E-state index contributed by atoms with van der Waals surface area (Å²) in [6.45, 7) is 14.4. The number of esters is 1. The molecule has 4 aromatic carbocycles. The van der Waals surface area contributed by atoms with Crippen LogP contribution in [0.4, 0.5) is 0 Å². The molecular formula is C40H49NO4. The Morgan fingerprint density at radius 1 is 0.733 bits per heavy atom. The van der Waals surface area contributed by atoms with Crippen LogP contribution in [0.5, 0.6) is 11.5 Å². The van der Waals surface area contributed by atoms with Crippen molar-refractivity contribution >= 4 is 5.97 Å². The molecule has 4 aromatic rings. The van der Waals surface area contributed by atoms with Crippen LogP contribution in [0.2, 0.25) is 0 Å². The molecule has 0 aliphatic heterocycles. The SMILES string of the molecule is CC(C)C(=O)Oc1ccc(COCc2ccc(O)c(Cc3ccccc3)c2)cc1[C@H](CCN(C(C)C)C(C)C)c1ccccc1. The molecule has 5 heteroatoms. The highest BCUT2D eigenvalue weighted by molar-refractivity contribution is 5.75. The highest BCUT2D eigenvalue weighted by Crippen LogP contribution is 2.36. The highest BCUT2D eigenvalue weighted by atomic mass is 16.5. The maximum absolute atomic E-state index is 12.8. The molecule has 45 heavy (non-hydrogen) atoms. The van der Waals surface area contributed by atoms with E-state index in [-0.39, 0.29) is 17.8 Å². The van der Waals surface area contributed by atoms with Crippen molar-refractivity contribution in [3.05, 3.63) is 130 Å². The van der Waals surface area contributed by atoms with Crippen molar-refractivity contribution in [2.75, 3.05) is 6.54 Å². The molecule has 0 fully saturated rings. The van der Waals surface area contributed by atoms with Gasteiger partial charge in [-0.2, -0.15) is 0 Å². The number of carbonyl (C=O) groups excluding carboxylic acids is 1.